The summed E-state index contributed by atoms with van der Waals surface area (Å²) >= 11 is 0. The SMILES string of the molecule is C=CCOC(=O)CC[N+](C)(C)[O-]. The molecule has 0 radical (unpaired) electrons. The molecule has 0 amide bonds. The minimum atomic E-state index is -0.469. The van der Waals surface area contributed by atoms with Crippen LogP contribution in [0.5, 0.6) is 0 Å². The van der Waals surface area contributed by atoms with Crippen LogP contribution in [0, 0.1) is 5.21 Å². The Balaban J connectivity index is 3.51. The zero-order chi connectivity index (χ0) is 9.61. The maximum absolute atomic E-state index is 11.0. The van der Waals surface area contributed by atoms with Crippen LogP contribution >= 0.6 is 0 Å². The minimum absolute atomic E-state index is 0.157. The Labute approximate surface area is 72.6 Å². The normalized spacial score (nSPS) is 10.9. The van der Waals surface area contributed by atoms with Gasteiger partial charge >= 0.3 is 5.97 Å². The first-order valence-corrected chi connectivity index (χ1v) is 3.76. The predicted molar refractivity (Wildman–Crippen MR) is 46.1 cm³/mol. The maximum atomic E-state index is 11.0. The van der Waals surface area contributed by atoms with E-state index in [-0.39, 0.29) is 25.5 Å². The fourth-order valence-corrected chi connectivity index (χ4v) is 0.585. The summed E-state index contributed by atoms with van der Waals surface area (Å²) in [6.45, 7) is 3.86. The maximum Gasteiger partial charge on any atom is 0.311 e. The number of hydrogen-bond acceptors (Lipinski definition) is 3. The number of esters is 1. The van der Waals surface area contributed by atoms with Crippen molar-refractivity contribution in [3.8, 4) is 0 Å². The van der Waals surface area contributed by atoms with Gasteiger partial charge < -0.3 is 14.6 Å². The number of hydrogen-bond donors (Lipinski definition) is 0. The number of rotatable bonds is 5. The molecule has 0 bridgehead atoms. The molecule has 0 aromatic rings. The highest BCUT2D eigenvalue weighted by Crippen LogP contribution is 1.96. The zero-order valence-electron chi connectivity index (χ0n) is 7.58. The summed E-state index contributed by atoms with van der Waals surface area (Å²) in [5.74, 6) is -0.350. The van der Waals surface area contributed by atoms with Crippen LogP contribution in [0.1, 0.15) is 6.42 Å². The predicted octanol–water partition coefficient (Wildman–Crippen LogP) is 0.680. The molecule has 0 unspecified atom stereocenters. The van der Waals surface area contributed by atoms with E-state index in [1.54, 1.807) is 0 Å². The Morgan fingerprint density at radius 3 is 2.67 bits per heavy atom. The van der Waals surface area contributed by atoms with E-state index in [4.69, 9.17) is 0 Å². The standard InChI is InChI=1S/C8H15NO3/c1-4-7-12-8(10)5-6-9(2,3)11/h4H,1,5-7H2,2-3H3. The zero-order valence-corrected chi connectivity index (χ0v) is 7.58. The molecule has 0 aromatic carbocycles. The lowest BCUT2D eigenvalue weighted by molar-refractivity contribution is -0.839. The van der Waals surface area contributed by atoms with Gasteiger partial charge in [-0.15, -0.1) is 0 Å². The Hall–Kier alpha value is -0.870. The van der Waals surface area contributed by atoms with Crippen LogP contribution in [0.25, 0.3) is 0 Å². The molecule has 0 fully saturated rings. The summed E-state index contributed by atoms with van der Waals surface area (Å²) in [6, 6.07) is 0. The molecule has 0 aliphatic rings. The topological polar surface area (TPSA) is 49.4 Å². The van der Waals surface area contributed by atoms with E-state index in [9.17, 15) is 10.0 Å². The second kappa shape index (κ2) is 4.90. The van der Waals surface area contributed by atoms with Crippen molar-refractivity contribution in [2.75, 3.05) is 27.2 Å². The molecule has 0 rings (SSSR count). The fourth-order valence-electron chi connectivity index (χ4n) is 0.585. The van der Waals surface area contributed by atoms with E-state index in [1.807, 2.05) is 0 Å². The summed E-state index contributed by atoms with van der Waals surface area (Å²) in [5, 5.41) is 11.0. The van der Waals surface area contributed by atoms with Crippen molar-refractivity contribution in [1.29, 1.82) is 0 Å². The van der Waals surface area contributed by atoms with Gasteiger partial charge in [0.15, 0.2) is 0 Å². The van der Waals surface area contributed by atoms with Crippen molar-refractivity contribution in [1.82, 2.24) is 0 Å². The number of nitrogens with zero attached hydrogens (tertiary/aromatic N) is 1. The molecule has 4 nitrogen and oxygen atoms in total. The van der Waals surface area contributed by atoms with Gasteiger partial charge in [-0.3, -0.25) is 4.79 Å². The molecule has 12 heavy (non-hydrogen) atoms. The highest BCUT2D eigenvalue weighted by molar-refractivity contribution is 5.69. The summed E-state index contributed by atoms with van der Waals surface area (Å²) in [5.41, 5.74) is 0. The lowest BCUT2D eigenvalue weighted by atomic mass is 10.4. The van der Waals surface area contributed by atoms with Crippen molar-refractivity contribution in [3.05, 3.63) is 17.9 Å². The molecule has 0 saturated heterocycles. The van der Waals surface area contributed by atoms with Gasteiger partial charge in [-0.05, 0) is 0 Å². The Morgan fingerprint density at radius 1 is 1.67 bits per heavy atom. The largest absolute Gasteiger partial charge is 0.633 e. The lowest BCUT2D eigenvalue weighted by Gasteiger charge is -2.33. The Bertz CT molecular complexity index is 160. The van der Waals surface area contributed by atoms with Gasteiger partial charge in [0.2, 0.25) is 0 Å². The van der Waals surface area contributed by atoms with Crippen LogP contribution in [0.2, 0.25) is 0 Å². The smallest absolute Gasteiger partial charge is 0.311 e. The molecule has 0 N–H and O–H groups in total. The third-order valence-corrected chi connectivity index (χ3v) is 1.22. The van der Waals surface area contributed by atoms with Gasteiger partial charge in [-0.2, -0.15) is 0 Å². The average molecular weight is 173 g/mol. The highest BCUT2D eigenvalue weighted by Gasteiger charge is 2.07. The van der Waals surface area contributed by atoms with Gasteiger partial charge in [-0.1, -0.05) is 12.7 Å². The number of ether oxygens (including phenoxy) is 1. The van der Waals surface area contributed by atoms with Crippen LogP contribution in [-0.4, -0.2) is 37.9 Å². The molecule has 0 saturated carbocycles. The van der Waals surface area contributed by atoms with E-state index < -0.39 is 4.65 Å². The molecule has 0 aliphatic carbocycles. The molecule has 0 spiro atoms. The number of carbonyl (C=O) groups is 1. The molecular formula is C8H15NO3. The molecule has 4 heteroatoms. The van der Waals surface area contributed by atoms with Crippen LogP contribution in [0.3, 0.4) is 0 Å². The van der Waals surface area contributed by atoms with E-state index in [0.29, 0.717) is 0 Å². The molecular weight excluding hydrogens is 158 g/mol. The summed E-state index contributed by atoms with van der Waals surface area (Å²) in [7, 11) is 2.97. The summed E-state index contributed by atoms with van der Waals surface area (Å²) in [4.78, 5) is 10.8. The lowest BCUT2D eigenvalue weighted by Crippen LogP contribution is -2.34. The Kier molecular flexibility index (Phi) is 4.54. The van der Waals surface area contributed by atoms with E-state index in [0.717, 1.165) is 0 Å². The molecule has 0 atom stereocenters. The van der Waals surface area contributed by atoms with Crippen LogP contribution < -0.4 is 0 Å². The van der Waals surface area contributed by atoms with Gasteiger partial charge in [0.05, 0.1) is 27.1 Å². The number of hydroxylamine groups is 3. The van der Waals surface area contributed by atoms with Crippen LogP contribution in [0.4, 0.5) is 0 Å². The van der Waals surface area contributed by atoms with Gasteiger partial charge in [-0.25, -0.2) is 0 Å². The first-order valence-electron chi connectivity index (χ1n) is 3.76. The fraction of sp³-hybridized carbons (Fsp3) is 0.625. The van der Waals surface area contributed by atoms with Crippen molar-refractivity contribution < 1.29 is 14.2 Å². The number of quaternary nitrogens is 1. The quantitative estimate of drug-likeness (QED) is 0.266. The first-order chi connectivity index (χ1) is 5.45. The third kappa shape index (κ3) is 7.24. The summed E-state index contributed by atoms with van der Waals surface area (Å²) in [6.07, 6.45) is 1.65. The molecule has 70 valence electrons. The average Bonchev–Trinajstić information content (AvgIpc) is 1.95. The number of carbonyl (C=O) groups excluding carboxylic acids is 1. The van der Waals surface area contributed by atoms with Crippen molar-refractivity contribution >= 4 is 5.97 Å². The Morgan fingerprint density at radius 2 is 2.25 bits per heavy atom. The summed E-state index contributed by atoms with van der Waals surface area (Å²) < 4.78 is 4.21. The van der Waals surface area contributed by atoms with Crippen molar-refractivity contribution in [3.63, 3.8) is 0 Å². The van der Waals surface area contributed by atoms with Crippen LogP contribution in [0.15, 0.2) is 12.7 Å². The molecule has 0 aromatic heterocycles. The van der Waals surface area contributed by atoms with Crippen LogP contribution in [-0.2, 0) is 9.53 Å². The van der Waals surface area contributed by atoms with Gasteiger partial charge in [0, 0.05) is 0 Å². The minimum Gasteiger partial charge on any atom is -0.633 e. The third-order valence-electron chi connectivity index (χ3n) is 1.22. The first kappa shape index (κ1) is 11.1. The van der Waals surface area contributed by atoms with Crippen molar-refractivity contribution in [2.45, 2.75) is 6.42 Å². The van der Waals surface area contributed by atoms with Gasteiger partial charge in [0.25, 0.3) is 0 Å². The van der Waals surface area contributed by atoms with Gasteiger partial charge in [0.1, 0.15) is 6.61 Å². The molecule has 0 aliphatic heterocycles. The second-order valence-electron chi connectivity index (χ2n) is 3.02. The van der Waals surface area contributed by atoms with E-state index in [2.05, 4.69) is 11.3 Å². The van der Waals surface area contributed by atoms with E-state index in [1.165, 1.54) is 20.2 Å². The second-order valence-corrected chi connectivity index (χ2v) is 3.02. The molecule has 0 heterocycles. The monoisotopic (exact) mass is 173 g/mol. The highest BCUT2D eigenvalue weighted by atomic mass is 16.5. The van der Waals surface area contributed by atoms with Crippen molar-refractivity contribution in [2.24, 2.45) is 0 Å². The van der Waals surface area contributed by atoms with E-state index >= 15 is 0 Å².